The zero-order valence-electron chi connectivity index (χ0n) is 14.2. The largest absolute Gasteiger partial charge is 0.481 e. The number of likely N-dealkylation sites (tertiary alicyclic amines) is 1. The third kappa shape index (κ3) is 3.92. The van der Waals surface area contributed by atoms with Gasteiger partial charge in [-0.1, -0.05) is 12.1 Å². The fraction of sp³-hybridized carbons (Fsp3) is 0.556. The lowest BCUT2D eigenvalue weighted by molar-refractivity contribution is -0.147. The van der Waals surface area contributed by atoms with E-state index < -0.39 is 11.4 Å². The van der Waals surface area contributed by atoms with Gasteiger partial charge in [-0.25, -0.2) is 9.18 Å². The molecule has 7 heteroatoms. The van der Waals surface area contributed by atoms with Crippen molar-refractivity contribution in [2.75, 3.05) is 19.7 Å². The van der Waals surface area contributed by atoms with Gasteiger partial charge in [-0.2, -0.15) is 0 Å². The normalized spacial score (nSPS) is 29.4. The van der Waals surface area contributed by atoms with Crippen molar-refractivity contribution in [3.05, 3.63) is 35.6 Å². The highest BCUT2D eigenvalue weighted by Gasteiger charge is 2.42. The Hall–Kier alpha value is -2.15. The van der Waals surface area contributed by atoms with E-state index in [0.717, 1.165) is 5.56 Å². The van der Waals surface area contributed by atoms with Crippen molar-refractivity contribution in [3.8, 4) is 0 Å². The van der Waals surface area contributed by atoms with Crippen LogP contribution in [0.5, 0.6) is 0 Å². The van der Waals surface area contributed by atoms with Crippen molar-refractivity contribution in [2.24, 2.45) is 5.41 Å². The van der Waals surface area contributed by atoms with E-state index in [1.165, 1.54) is 12.1 Å². The number of carbonyl (C=O) groups is 2. The number of nitrogens with one attached hydrogen (secondary N) is 1. The molecule has 25 heavy (non-hydrogen) atoms. The predicted molar refractivity (Wildman–Crippen MR) is 88.6 cm³/mol. The lowest BCUT2D eigenvalue weighted by atomic mass is 9.90. The van der Waals surface area contributed by atoms with Gasteiger partial charge in [0, 0.05) is 25.7 Å². The Labute approximate surface area is 146 Å². The third-order valence-corrected chi connectivity index (χ3v) is 5.13. The number of urea groups is 1. The van der Waals surface area contributed by atoms with Crippen LogP contribution >= 0.6 is 0 Å². The van der Waals surface area contributed by atoms with Gasteiger partial charge in [0.25, 0.3) is 0 Å². The Kier molecular flexibility index (Phi) is 4.94. The smallest absolute Gasteiger partial charge is 0.317 e. The van der Waals surface area contributed by atoms with Crippen LogP contribution in [-0.2, 0) is 9.53 Å². The fourth-order valence-corrected chi connectivity index (χ4v) is 3.41. The van der Waals surface area contributed by atoms with Gasteiger partial charge in [0.15, 0.2) is 0 Å². The molecule has 2 saturated heterocycles. The molecule has 0 aliphatic carbocycles. The summed E-state index contributed by atoms with van der Waals surface area (Å²) in [5, 5.41) is 12.3. The summed E-state index contributed by atoms with van der Waals surface area (Å²) in [6, 6.07) is 5.92. The molecule has 3 atom stereocenters. The van der Waals surface area contributed by atoms with Crippen molar-refractivity contribution >= 4 is 12.0 Å². The average Bonchev–Trinajstić information content (AvgIpc) is 3.00. The second-order valence-corrected chi connectivity index (χ2v) is 7.12. The van der Waals surface area contributed by atoms with Crippen LogP contribution < -0.4 is 5.32 Å². The summed E-state index contributed by atoms with van der Waals surface area (Å²) in [5.41, 5.74) is 0.0175. The number of ether oxygens (including phenoxy) is 1. The van der Waals surface area contributed by atoms with Crippen LogP contribution in [0.2, 0.25) is 0 Å². The van der Waals surface area contributed by atoms with Crippen molar-refractivity contribution < 1.29 is 23.8 Å². The van der Waals surface area contributed by atoms with Crippen molar-refractivity contribution in [3.63, 3.8) is 0 Å². The number of hydrogen-bond donors (Lipinski definition) is 2. The first-order valence-corrected chi connectivity index (χ1v) is 8.53. The van der Waals surface area contributed by atoms with E-state index in [9.17, 15) is 19.1 Å². The molecule has 2 N–H and O–H groups in total. The molecule has 136 valence electrons. The Bertz CT molecular complexity index is 651. The molecule has 2 heterocycles. The minimum atomic E-state index is -0.871. The molecule has 0 saturated carbocycles. The quantitative estimate of drug-likeness (QED) is 0.878. The molecule has 1 aromatic carbocycles. The number of aliphatic carboxylic acids is 1. The van der Waals surface area contributed by atoms with E-state index in [0.29, 0.717) is 32.4 Å². The Morgan fingerprint density at radius 3 is 2.72 bits per heavy atom. The maximum absolute atomic E-state index is 13.0. The summed E-state index contributed by atoms with van der Waals surface area (Å²) in [4.78, 5) is 25.3. The Morgan fingerprint density at radius 1 is 1.36 bits per heavy atom. The van der Waals surface area contributed by atoms with Gasteiger partial charge in [-0.15, -0.1) is 0 Å². The third-order valence-electron chi connectivity index (χ3n) is 5.13. The number of carbonyl (C=O) groups excluding carboxylic acids is 1. The van der Waals surface area contributed by atoms with Crippen LogP contribution in [0, 0.1) is 11.2 Å². The van der Waals surface area contributed by atoms with Crippen LogP contribution in [-0.4, -0.2) is 47.7 Å². The predicted octanol–water partition coefficient (Wildman–Crippen LogP) is 2.55. The molecule has 2 aliphatic heterocycles. The van der Waals surface area contributed by atoms with Crippen LogP contribution in [0.1, 0.15) is 37.9 Å². The highest BCUT2D eigenvalue weighted by atomic mass is 19.1. The van der Waals surface area contributed by atoms with Gasteiger partial charge in [-0.05, 0) is 43.9 Å². The van der Waals surface area contributed by atoms with E-state index in [4.69, 9.17) is 4.74 Å². The van der Waals surface area contributed by atoms with E-state index in [2.05, 4.69) is 5.32 Å². The number of rotatable bonds is 3. The van der Waals surface area contributed by atoms with Gasteiger partial charge in [0.05, 0.1) is 11.5 Å². The molecule has 0 aromatic heterocycles. The van der Waals surface area contributed by atoms with Crippen molar-refractivity contribution in [2.45, 2.75) is 38.3 Å². The summed E-state index contributed by atoms with van der Waals surface area (Å²) in [5.74, 6) is -1.16. The molecule has 2 amide bonds. The number of carboxylic acid groups (broad SMARTS) is 1. The highest BCUT2D eigenvalue weighted by molar-refractivity contribution is 5.79. The number of nitrogens with zero attached hydrogens (tertiary/aromatic N) is 1. The molecule has 0 bridgehead atoms. The molecule has 2 fully saturated rings. The summed E-state index contributed by atoms with van der Waals surface area (Å²) < 4.78 is 18.8. The topological polar surface area (TPSA) is 78.9 Å². The summed E-state index contributed by atoms with van der Waals surface area (Å²) in [7, 11) is 0. The first kappa shape index (κ1) is 17.7. The Balaban J connectivity index is 1.57. The van der Waals surface area contributed by atoms with Crippen molar-refractivity contribution in [1.29, 1.82) is 0 Å². The minimum Gasteiger partial charge on any atom is -0.481 e. The minimum absolute atomic E-state index is 0.0482. The Morgan fingerprint density at radius 2 is 2.08 bits per heavy atom. The van der Waals surface area contributed by atoms with Crippen molar-refractivity contribution in [1.82, 2.24) is 10.2 Å². The monoisotopic (exact) mass is 350 g/mol. The van der Waals surface area contributed by atoms with E-state index in [-0.39, 0.29) is 30.5 Å². The van der Waals surface area contributed by atoms with Gasteiger partial charge in [-0.3, -0.25) is 4.79 Å². The van der Waals surface area contributed by atoms with Gasteiger partial charge >= 0.3 is 12.0 Å². The zero-order chi connectivity index (χ0) is 18.0. The molecule has 3 unspecified atom stereocenters. The second kappa shape index (κ2) is 7.00. The first-order valence-electron chi connectivity index (χ1n) is 8.53. The highest BCUT2D eigenvalue weighted by Crippen LogP contribution is 2.31. The number of hydrogen-bond acceptors (Lipinski definition) is 3. The standard InChI is InChI=1S/C18H23FN2O4/c1-18(16(22)23)7-8-21(11-18)17(24)20-14-6-9-25-15(10-14)12-2-4-13(19)5-3-12/h2-5,14-15H,6-11H2,1H3,(H,20,24)(H,22,23). The van der Waals surface area contributed by atoms with E-state index in [1.54, 1.807) is 24.0 Å². The number of amides is 2. The molecule has 3 rings (SSSR count). The molecule has 6 nitrogen and oxygen atoms in total. The summed E-state index contributed by atoms with van der Waals surface area (Å²) in [6.07, 6.45) is 1.60. The zero-order valence-corrected chi connectivity index (χ0v) is 14.2. The SMILES string of the molecule is CC1(C(=O)O)CCN(C(=O)NC2CCOC(c3ccc(F)cc3)C2)C1. The average molecular weight is 350 g/mol. The number of carboxylic acids is 1. The number of benzene rings is 1. The lowest BCUT2D eigenvalue weighted by Crippen LogP contribution is -2.47. The molecule has 0 spiro atoms. The van der Waals surface area contributed by atoms with Crippen LogP contribution in [0.15, 0.2) is 24.3 Å². The number of halogens is 1. The van der Waals surface area contributed by atoms with Crippen LogP contribution in [0.3, 0.4) is 0 Å². The lowest BCUT2D eigenvalue weighted by Gasteiger charge is -2.32. The van der Waals surface area contributed by atoms with Crippen LogP contribution in [0.4, 0.5) is 9.18 Å². The van der Waals surface area contributed by atoms with Gasteiger partial charge in [0.2, 0.25) is 0 Å². The molecule has 0 radical (unpaired) electrons. The first-order chi connectivity index (χ1) is 11.9. The van der Waals surface area contributed by atoms with Gasteiger partial charge < -0.3 is 20.1 Å². The maximum Gasteiger partial charge on any atom is 0.317 e. The molecular weight excluding hydrogens is 327 g/mol. The van der Waals surface area contributed by atoms with Crippen LogP contribution in [0.25, 0.3) is 0 Å². The van der Waals surface area contributed by atoms with E-state index >= 15 is 0 Å². The fourth-order valence-electron chi connectivity index (χ4n) is 3.41. The molecular formula is C18H23FN2O4. The second-order valence-electron chi connectivity index (χ2n) is 7.12. The summed E-state index contributed by atoms with van der Waals surface area (Å²) in [6.45, 7) is 2.85. The maximum atomic E-state index is 13.0. The van der Waals surface area contributed by atoms with Gasteiger partial charge in [0.1, 0.15) is 5.82 Å². The molecule has 2 aliphatic rings. The summed E-state index contributed by atoms with van der Waals surface area (Å²) >= 11 is 0. The van der Waals surface area contributed by atoms with E-state index in [1.807, 2.05) is 0 Å². The molecule has 1 aromatic rings.